The summed E-state index contributed by atoms with van der Waals surface area (Å²) >= 11 is 0. The maximum absolute atomic E-state index is 13.2. The van der Waals surface area contributed by atoms with E-state index in [2.05, 4.69) is 15.5 Å². The molecule has 2 aliphatic carbocycles. The summed E-state index contributed by atoms with van der Waals surface area (Å²) in [6.45, 7) is 2.16. The van der Waals surface area contributed by atoms with Crippen molar-refractivity contribution in [1.29, 1.82) is 0 Å². The highest BCUT2D eigenvalue weighted by Gasteiger charge is 2.45. The van der Waals surface area contributed by atoms with Crippen molar-refractivity contribution in [2.45, 2.75) is 82.8 Å². The largest absolute Gasteiger partial charge is 0.389 e. The predicted octanol–water partition coefficient (Wildman–Crippen LogP) is 2.17. The number of aromatic nitrogens is 4. The van der Waals surface area contributed by atoms with Crippen molar-refractivity contribution < 1.29 is 9.90 Å². The van der Waals surface area contributed by atoms with Crippen LogP contribution in [0.4, 0.5) is 0 Å². The van der Waals surface area contributed by atoms with E-state index in [1.807, 2.05) is 4.90 Å². The minimum atomic E-state index is -0.524. The summed E-state index contributed by atoms with van der Waals surface area (Å²) in [7, 11) is 0. The fraction of sp³-hybridized carbons (Fsp3) is 0.895. The Morgan fingerprint density at radius 2 is 1.92 bits per heavy atom. The Labute approximate surface area is 155 Å². The van der Waals surface area contributed by atoms with Crippen LogP contribution in [0, 0.1) is 11.3 Å². The van der Waals surface area contributed by atoms with Crippen LogP contribution in [0.3, 0.4) is 0 Å². The third-order valence-corrected chi connectivity index (χ3v) is 7.11. The number of rotatable bonds is 4. The second-order valence-electron chi connectivity index (χ2n) is 8.88. The molecule has 1 aromatic heterocycles. The third-order valence-electron chi connectivity index (χ3n) is 7.11. The van der Waals surface area contributed by atoms with Crippen LogP contribution < -0.4 is 0 Å². The number of aliphatic hydroxyl groups is 1. The van der Waals surface area contributed by atoms with Crippen molar-refractivity contribution in [2.75, 3.05) is 13.1 Å². The standard InChI is InChI=1S/C19H31N5O2/c25-17(23-11-10-19(26)9-5-2-6-16(19)13-23)12-18(7-3-1-4-8-18)14-24-15-20-21-22-24/h15-16,26H,1-14H2/t16-,19-/m0/s1. The van der Waals surface area contributed by atoms with Crippen molar-refractivity contribution in [3.63, 3.8) is 0 Å². The number of fused-ring (bicyclic) bond motifs is 1. The Balaban J connectivity index is 1.43. The lowest BCUT2D eigenvalue weighted by atomic mass is 9.70. The van der Waals surface area contributed by atoms with E-state index >= 15 is 0 Å². The molecule has 1 N–H and O–H groups in total. The molecule has 144 valence electrons. The molecule has 1 aliphatic heterocycles. The monoisotopic (exact) mass is 361 g/mol. The molecule has 0 radical (unpaired) electrons. The van der Waals surface area contributed by atoms with E-state index in [1.54, 1.807) is 11.0 Å². The van der Waals surface area contributed by atoms with Crippen LogP contribution in [0.2, 0.25) is 0 Å². The Morgan fingerprint density at radius 3 is 2.69 bits per heavy atom. The maximum atomic E-state index is 13.2. The first-order chi connectivity index (χ1) is 12.6. The summed E-state index contributed by atoms with van der Waals surface area (Å²) in [4.78, 5) is 15.2. The van der Waals surface area contributed by atoms with Crippen LogP contribution in [0.15, 0.2) is 6.33 Å². The summed E-state index contributed by atoms with van der Waals surface area (Å²) in [6.07, 6.45) is 13.0. The van der Waals surface area contributed by atoms with Gasteiger partial charge in [0.25, 0.3) is 0 Å². The molecule has 26 heavy (non-hydrogen) atoms. The number of likely N-dealkylation sites (tertiary alicyclic amines) is 1. The number of amides is 1. The second kappa shape index (κ2) is 7.25. The molecule has 2 heterocycles. The lowest BCUT2D eigenvalue weighted by Gasteiger charge is -2.48. The number of hydrogen-bond acceptors (Lipinski definition) is 5. The van der Waals surface area contributed by atoms with Gasteiger partial charge in [-0.3, -0.25) is 4.79 Å². The molecular weight excluding hydrogens is 330 g/mol. The first-order valence-electron chi connectivity index (χ1n) is 10.3. The van der Waals surface area contributed by atoms with Crippen LogP contribution >= 0.6 is 0 Å². The highest BCUT2D eigenvalue weighted by molar-refractivity contribution is 5.77. The van der Waals surface area contributed by atoms with Gasteiger partial charge in [-0.2, -0.15) is 0 Å². The molecule has 3 fully saturated rings. The van der Waals surface area contributed by atoms with E-state index < -0.39 is 5.60 Å². The maximum Gasteiger partial charge on any atom is 0.223 e. The molecule has 0 unspecified atom stereocenters. The van der Waals surface area contributed by atoms with Crippen molar-refractivity contribution in [2.24, 2.45) is 11.3 Å². The highest BCUT2D eigenvalue weighted by atomic mass is 16.3. The molecule has 2 atom stereocenters. The molecule has 3 aliphatic rings. The van der Waals surface area contributed by atoms with E-state index in [4.69, 9.17) is 0 Å². The number of piperidine rings is 1. The van der Waals surface area contributed by atoms with Gasteiger partial charge in [0, 0.05) is 25.4 Å². The molecule has 1 amide bonds. The summed E-state index contributed by atoms with van der Waals surface area (Å²) in [5, 5.41) is 22.4. The Kier molecular flexibility index (Phi) is 4.99. The number of nitrogens with zero attached hydrogens (tertiary/aromatic N) is 5. The number of tetrazole rings is 1. The summed E-state index contributed by atoms with van der Waals surface area (Å²) in [5.41, 5.74) is -0.547. The predicted molar refractivity (Wildman–Crippen MR) is 96.1 cm³/mol. The first kappa shape index (κ1) is 17.9. The van der Waals surface area contributed by atoms with Crippen molar-refractivity contribution >= 4 is 5.91 Å². The number of hydrogen-bond donors (Lipinski definition) is 1. The van der Waals surface area contributed by atoms with Crippen molar-refractivity contribution in [3.8, 4) is 0 Å². The molecule has 7 heteroatoms. The van der Waals surface area contributed by atoms with Gasteiger partial charge in [-0.1, -0.05) is 32.1 Å². The zero-order valence-electron chi connectivity index (χ0n) is 15.6. The van der Waals surface area contributed by atoms with E-state index in [0.29, 0.717) is 13.0 Å². The fourth-order valence-electron chi connectivity index (χ4n) is 5.52. The van der Waals surface area contributed by atoms with Crippen LogP contribution in [0.5, 0.6) is 0 Å². The average Bonchev–Trinajstić information content (AvgIpc) is 3.14. The Hall–Kier alpha value is -1.50. The van der Waals surface area contributed by atoms with Gasteiger partial charge in [0.15, 0.2) is 0 Å². The quantitative estimate of drug-likeness (QED) is 0.888. The molecule has 0 aromatic carbocycles. The van der Waals surface area contributed by atoms with E-state index in [-0.39, 0.29) is 17.2 Å². The molecule has 7 nitrogen and oxygen atoms in total. The molecule has 4 rings (SSSR count). The molecule has 1 aromatic rings. The van der Waals surface area contributed by atoms with E-state index in [1.165, 1.54) is 25.7 Å². The third kappa shape index (κ3) is 3.63. The van der Waals surface area contributed by atoms with Crippen molar-refractivity contribution in [1.82, 2.24) is 25.1 Å². The number of carbonyl (C=O) groups excluding carboxylic acids is 1. The molecule has 2 saturated carbocycles. The average molecular weight is 361 g/mol. The smallest absolute Gasteiger partial charge is 0.223 e. The fourth-order valence-corrected chi connectivity index (χ4v) is 5.52. The normalized spacial score (nSPS) is 31.4. The second-order valence-corrected chi connectivity index (χ2v) is 8.88. The summed E-state index contributed by atoms with van der Waals surface area (Å²) in [5.74, 6) is 0.517. The van der Waals surface area contributed by atoms with E-state index in [9.17, 15) is 9.90 Å². The topological polar surface area (TPSA) is 84.1 Å². The molecular formula is C19H31N5O2. The lowest BCUT2D eigenvalue weighted by Crippen LogP contribution is -2.55. The lowest BCUT2D eigenvalue weighted by molar-refractivity contribution is -0.146. The van der Waals surface area contributed by atoms with Gasteiger partial charge in [0.1, 0.15) is 6.33 Å². The summed E-state index contributed by atoms with van der Waals surface area (Å²) < 4.78 is 1.79. The van der Waals surface area contributed by atoms with Crippen LogP contribution in [-0.4, -0.2) is 54.8 Å². The van der Waals surface area contributed by atoms with Gasteiger partial charge in [-0.25, -0.2) is 4.68 Å². The Morgan fingerprint density at radius 1 is 1.12 bits per heavy atom. The van der Waals surface area contributed by atoms with Gasteiger partial charge in [-0.05, 0) is 47.9 Å². The van der Waals surface area contributed by atoms with Crippen LogP contribution in [0.1, 0.15) is 70.6 Å². The summed E-state index contributed by atoms with van der Waals surface area (Å²) in [6, 6.07) is 0. The zero-order valence-corrected chi connectivity index (χ0v) is 15.6. The van der Waals surface area contributed by atoms with Crippen LogP contribution in [-0.2, 0) is 11.3 Å². The highest BCUT2D eigenvalue weighted by Crippen LogP contribution is 2.43. The minimum Gasteiger partial charge on any atom is -0.389 e. The molecule has 0 spiro atoms. The van der Waals surface area contributed by atoms with Gasteiger partial charge in [-0.15, -0.1) is 5.10 Å². The first-order valence-corrected chi connectivity index (χ1v) is 10.3. The van der Waals surface area contributed by atoms with Crippen LogP contribution in [0.25, 0.3) is 0 Å². The van der Waals surface area contributed by atoms with Crippen molar-refractivity contribution in [3.05, 3.63) is 6.33 Å². The van der Waals surface area contributed by atoms with Gasteiger partial charge >= 0.3 is 0 Å². The Bertz CT molecular complexity index is 613. The zero-order chi connectivity index (χ0) is 18.0. The SMILES string of the molecule is O=C(CC1(Cn2cnnn2)CCCCC1)N1CC[C@@]2(O)CCCC[C@H]2C1. The minimum absolute atomic E-state index is 0.0228. The van der Waals surface area contributed by atoms with Gasteiger partial charge in [0.05, 0.1) is 12.1 Å². The molecule has 1 saturated heterocycles. The molecule has 0 bridgehead atoms. The number of carbonyl (C=O) groups is 1. The van der Waals surface area contributed by atoms with E-state index in [0.717, 1.165) is 51.6 Å². The van der Waals surface area contributed by atoms with Gasteiger partial charge < -0.3 is 10.0 Å². The van der Waals surface area contributed by atoms with Gasteiger partial charge in [0.2, 0.25) is 5.91 Å².